The van der Waals surface area contributed by atoms with Crippen LogP contribution in [0.25, 0.3) is 0 Å². The Morgan fingerprint density at radius 1 is 1.75 bits per heavy atom. The van der Waals surface area contributed by atoms with Gasteiger partial charge in [0.1, 0.15) is 0 Å². The normalized spacial score (nSPS) is 9.75. The molecule has 0 spiro atoms. The summed E-state index contributed by atoms with van der Waals surface area (Å²) in [6, 6.07) is 0. The molecular weight excluding hydrogens is 98.1 g/mol. The lowest BCUT2D eigenvalue weighted by Gasteiger charge is -1.95. The molecule has 0 heterocycles. The van der Waals surface area contributed by atoms with Crippen molar-refractivity contribution in [2.45, 2.75) is 13.8 Å². The Labute approximate surface area is 51.1 Å². The number of hydrogen-bond acceptors (Lipinski definition) is 1. The zero-order valence-corrected chi connectivity index (χ0v) is 5.57. The second kappa shape index (κ2) is 4.44. The fraction of sp³-hybridized carbons (Fsp3) is 0.429. The summed E-state index contributed by atoms with van der Waals surface area (Å²) in [5, 5.41) is 3.05. The van der Waals surface area contributed by atoms with Crippen LogP contribution in [0, 0.1) is 0 Å². The Morgan fingerprint density at radius 2 is 2.38 bits per heavy atom. The number of rotatable bonds is 3. The van der Waals surface area contributed by atoms with Crippen LogP contribution < -0.4 is 5.32 Å². The third-order valence-corrected chi connectivity index (χ3v) is 0.688. The average molecular weight is 111 g/mol. The van der Waals surface area contributed by atoms with E-state index >= 15 is 0 Å². The van der Waals surface area contributed by atoms with E-state index in [1.165, 1.54) is 0 Å². The fourth-order valence-electron chi connectivity index (χ4n) is 0.351. The van der Waals surface area contributed by atoms with Crippen molar-refractivity contribution in [1.82, 2.24) is 5.32 Å². The maximum atomic E-state index is 3.73. The third-order valence-electron chi connectivity index (χ3n) is 0.688. The van der Waals surface area contributed by atoms with Crippen molar-refractivity contribution < 1.29 is 0 Å². The minimum atomic E-state index is 0.879. The van der Waals surface area contributed by atoms with Crippen LogP contribution in [0.15, 0.2) is 24.4 Å². The lowest BCUT2D eigenvalue weighted by atomic mass is 10.3. The van der Waals surface area contributed by atoms with E-state index < -0.39 is 0 Å². The summed E-state index contributed by atoms with van der Waals surface area (Å²) in [7, 11) is 0. The monoisotopic (exact) mass is 111 g/mol. The van der Waals surface area contributed by atoms with Crippen LogP contribution in [0.4, 0.5) is 0 Å². The van der Waals surface area contributed by atoms with E-state index in [0.29, 0.717) is 0 Å². The fourth-order valence-corrected chi connectivity index (χ4v) is 0.351. The zero-order valence-electron chi connectivity index (χ0n) is 5.57. The van der Waals surface area contributed by atoms with Gasteiger partial charge in [0, 0.05) is 6.54 Å². The lowest BCUT2D eigenvalue weighted by Crippen LogP contribution is -2.06. The molecule has 0 bridgehead atoms. The smallest absolute Gasteiger partial charge is 0.0349 e. The van der Waals surface area contributed by atoms with Gasteiger partial charge in [0.2, 0.25) is 0 Å². The van der Waals surface area contributed by atoms with Gasteiger partial charge in [0.15, 0.2) is 0 Å². The maximum absolute atomic E-state index is 3.73. The number of hydrogen-bond donors (Lipinski definition) is 1. The maximum Gasteiger partial charge on any atom is 0.0349 e. The zero-order chi connectivity index (χ0) is 6.41. The van der Waals surface area contributed by atoms with Crippen molar-refractivity contribution in [3.8, 4) is 0 Å². The minimum absolute atomic E-state index is 0.879. The molecule has 0 saturated carbocycles. The van der Waals surface area contributed by atoms with Gasteiger partial charge in [0.25, 0.3) is 0 Å². The Kier molecular flexibility index (Phi) is 4.04. The first kappa shape index (κ1) is 7.28. The second-order valence-electron chi connectivity index (χ2n) is 1.84. The first-order chi connectivity index (χ1) is 3.77. The SMILES string of the molecule is C=C(C)CN/C=C\C. The summed E-state index contributed by atoms with van der Waals surface area (Å²) in [5.41, 5.74) is 1.16. The second-order valence-corrected chi connectivity index (χ2v) is 1.84. The van der Waals surface area contributed by atoms with Gasteiger partial charge in [-0.2, -0.15) is 0 Å². The van der Waals surface area contributed by atoms with Crippen LogP contribution in [0.2, 0.25) is 0 Å². The molecule has 8 heavy (non-hydrogen) atoms. The van der Waals surface area contributed by atoms with E-state index in [1.54, 1.807) is 0 Å². The van der Waals surface area contributed by atoms with Gasteiger partial charge >= 0.3 is 0 Å². The Morgan fingerprint density at radius 3 is 2.75 bits per heavy atom. The highest BCUT2D eigenvalue weighted by molar-refractivity contribution is 4.93. The molecule has 0 unspecified atom stereocenters. The van der Waals surface area contributed by atoms with Gasteiger partial charge in [-0.3, -0.25) is 0 Å². The van der Waals surface area contributed by atoms with Gasteiger partial charge in [-0.1, -0.05) is 18.2 Å². The topological polar surface area (TPSA) is 12.0 Å². The minimum Gasteiger partial charge on any atom is -0.387 e. The van der Waals surface area contributed by atoms with E-state index in [4.69, 9.17) is 0 Å². The molecule has 0 aliphatic carbocycles. The van der Waals surface area contributed by atoms with Gasteiger partial charge in [0.05, 0.1) is 0 Å². The predicted octanol–water partition coefficient (Wildman–Crippen LogP) is 1.69. The molecule has 46 valence electrons. The quantitative estimate of drug-likeness (QED) is 0.546. The molecule has 0 amide bonds. The highest BCUT2D eigenvalue weighted by Gasteiger charge is 1.76. The molecule has 0 atom stereocenters. The van der Waals surface area contributed by atoms with Crippen LogP contribution in [-0.2, 0) is 0 Å². The molecule has 1 nitrogen and oxygen atoms in total. The van der Waals surface area contributed by atoms with Gasteiger partial charge in [-0.05, 0) is 20.0 Å². The highest BCUT2D eigenvalue weighted by Crippen LogP contribution is 1.79. The summed E-state index contributed by atoms with van der Waals surface area (Å²) in [4.78, 5) is 0. The summed E-state index contributed by atoms with van der Waals surface area (Å²) < 4.78 is 0. The van der Waals surface area contributed by atoms with E-state index in [2.05, 4.69) is 11.9 Å². The van der Waals surface area contributed by atoms with Crippen molar-refractivity contribution in [3.05, 3.63) is 24.4 Å². The van der Waals surface area contributed by atoms with E-state index in [0.717, 1.165) is 12.1 Å². The Balaban J connectivity index is 3.05. The van der Waals surface area contributed by atoms with E-state index in [1.807, 2.05) is 26.1 Å². The number of allylic oxidation sites excluding steroid dienone is 1. The largest absolute Gasteiger partial charge is 0.387 e. The summed E-state index contributed by atoms with van der Waals surface area (Å²) >= 11 is 0. The molecule has 0 fully saturated rings. The molecule has 0 aromatic heterocycles. The molecule has 0 rings (SSSR count). The standard InChI is InChI=1S/C7H13N/c1-4-5-8-6-7(2)3/h4-5,8H,2,6H2,1,3H3/b5-4-. The van der Waals surface area contributed by atoms with Crippen molar-refractivity contribution in [2.24, 2.45) is 0 Å². The van der Waals surface area contributed by atoms with Crippen molar-refractivity contribution in [1.29, 1.82) is 0 Å². The van der Waals surface area contributed by atoms with E-state index in [-0.39, 0.29) is 0 Å². The molecule has 0 aromatic rings. The van der Waals surface area contributed by atoms with Gasteiger partial charge in [-0.15, -0.1) is 0 Å². The van der Waals surface area contributed by atoms with Gasteiger partial charge in [-0.25, -0.2) is 0 Å². The summed E-state index contributed by atoms with van der Waals surface area (Å²) in [6.07, 6.45) is 3.87. The van der Waals surface area contributed by atoms with Crippen molar-refractivity contribution >= 4 is 0 Å². The predicted molar refractivity (Wildman–Crippen MR) is 37.6 cm³/mol. The van der Waals surface area contributed by atoms with Crippen LogP contribution in [0.1, 0.15) is 13.8 Å². The Bertz CT molecular complexity index is 92.6. The molecular formula is C7H13N. The highest BCUT2D eigenvalue weighted by atomic mass is 14.8. The molecule has 0 aromatic carbocycles. The van der Waals surface area contributed by atoms with Crippen LogP contribution >= 0.6 is 0 Å². The molecule has 0 aliphatic rings. The molecule has 1 N–H and O–H groups in total. The first-order valence-corrected chi connectivity index (χ1v) is 2.76. The van der Waals surface area contributed by atoms with Crippen LogP contribution in [0.3, 0.4) is 0 Å². The van der Waals surface area contributed by atoms with Crippen LogP contribution in [-0.4, -0.2) is 6.54 Å². The molecule has 0 saturated heterocycles. The Hall–Kier alpha value is -0.720. The third kappa shape index (κ3) is 5.28. The van der Waals surface area contributed by atoms with Crippen LogP contribution in [0.5, 0.6) is 0 Å². The van der Waals surface area contributed by atoms with E-state index in [9.17, 15) is 0 Å². The summed E-state index contributed by atoms with van der Waals surface area (Å²) in [6.45, 7) is 8.58. The van der Waals surface area contributed by atoms with Gasteiger partial charge < -0.3 is 5.32 Å². The van der Waals surface area contributed by atoms with Crippen molar-refractivity contribution in [2.75, 3.05) is 6.54 Å². The molecule has 0 radical (unpaired) electrons. The lowest BCUT2D eigenvalue weighted by molar-refractivity contribution is 0.938. The summed E-state index contributed by atoms with van der Waals surface area (Å²) in [5.74, 6) is 0. The first-order valence-electron chi connectivity index (χ1n) is 2.76. The molecule has 1 heteroatoms. The number of nitrogens with one attached hydrogen (secondary N) is 1. The molecule has 0 aliphatic heterocycles. The van der Waals surface area contributed by atoms with Crippen molar-refractivity contribution in [3.63, 3.8) is 0 Å². The average Bonchev–Trinajstić information content (AvgIpc) is 1.66.